The molecule has 112 valence electrons. The summed E-state index contributed by atoms with van der Waals surface area (Å²) in [6, 6.07) is 12.4. The monoisotopic (exact) mass is 323 g/mol. The largest absolute Gasteiger partial charge is 0.312 e. The lowest BCUT2D eigenvalue weighted by Crippen LogP contribution is -2.19. The summed E-state index contributed by atoms with van der Waals surface area (Å²) in [6.07, 6.45) is 0. The Balaban J connectivity index is 2.12. The first-order valence-corrected chi connectivity index (χ1v) is 8.16. The summed E-state index contributed by atoms with van der Waals surface area (Å²) in [4.78, 5) is 2.16. The van der Waals surface area contributed by atoms with E-state index in [0.29, 0.717) is 5.92 Å². The van der Waals surface area contributed by atoms with Gasteiger partial charge in [-0.05, 0) is 60.5 Å². The maximum absolute atomic E-state index is 13.0. The molecule has 0 unspecified atom stereocenters. The highest BCUT2D eigenvalue weighted by Gasteiger charge is 2.06. The summed E-state index contributed by atoms with van der Waals surface area (Å²) in [5, 5.41) is 4.17. The van der Waals surface area contributed by atoms with Gasteiger partial charge in [0.15, 0.2) is 0 Å². The number of halogens is 2. The van der Waals surface area contributed by atoms with Crippen molar-refractivity contribution in [2.24, 2.45) is 5.92 Å². The summed E-state index contributed by atoms with van der Waals surface area (Å²) >= 11 is 7.72. The SMILES string of the molecule is CC(C)CNCc1cc(Cl)ccc1Sc1ccc(F)cc1. The zero-order valence-corrected chi connectivity index (χ0v) is 13.8. The molecule has 0 saturated heterocycles. The van der Waals surface area contributed by atoms with Crippen molar-refractivity contribution >= 4 is 23.4 Å². The first-order chi connectivity index (χ1) is 10.0. The Hall–Kier alpha value is -1.03. The number of nitrogens with one attached hydrogen (secondary N) is 1. The van der Waals surface area contributed by atoms with Crippen LogP contribution in [-0.2, 0) is 6.54 Å². The molecule has 2 aromatic carbocycles. The van der Waals surface area contributed by atoms with Gasteiger partial charge in [0.25, 0.3) is 0 Å². The van der Waals surface area contributed by atoms with E-state index in [4.69, 9.17) is 11.6 Å². The van der Waals surface area contributed by atoms with Gasteiger partial charge in [0.05, 0.1) is 0 Å². The van der Waals surface area contributed by atoms with Crippen LogP contribution in [0.5, 0.6) is 0 Å². The minimum absolute atomic E-state index is 0.214. The van der Waals surface area contributed by atoms with E-state index >= 15 is 0 Å². The summed E-state index contributed by atoms with van der Waals surface area (Å²) < 4.78 is 13.0. The molecule has 4 heteroatoms. The quantitative estimate of drug-likeness (QED) is 0.766. The van der Waals surface area contributed by atoms with E-state index < -0.39 is 0 Å². The Kier molecular flexibility index (Phi) is 6.09. The van der Waals surface area contributed by atoms with Crippen LogP contribution >= 0.6 is 23.4 Å². The molecule has 2 rings (SSSR count). The summed E-state index contributed by atoms with van der Waals surface area (Å²) in [7, 11) is 0. The number of rotatable bonds is 6. The lowest BCUT2D eigenvalue weighted by Gasteiger charge is -2.12. The highest BCUT2D eigenvalue weighted by molar-refractivity contribution is 7.99. The fourth-order valence-electron chi connectivity index (χ4n) is 1.91. The molecule has 1 nitrogen and oxygen atoms in total. The van der Waals surface area contributed by atoms with Crippen LogP contribution in [0.2, 0.25) is 5.02 Å². The molecule has 1 N–H and O–H groups in total. The van der Waals surface area contributed by atoms with E-state index in [2.05, 4.69) is 19.2 Å². The topological polar surface area (TPSA) is 12.0 Å². The Labute approximate surface area is 134 Å². The molecule has 0 spiro atoms. The van der Waals surface area contributed by atoms with Crippen molar-refractivity contribution in [1.29, 1.82) is 0 Å². The Morgan fingerprint density at radius 1 is 1.14 bits per heavy atom. The minimum Gasteiger partial charge on any atom is -0.312 e. The third-order valence-electron chi connectivity index (χ3n) is 2.93. The fraction of sp³-hybridized carbons (Fsp3) is 0.294. The van der Waals surface area contributed by atoms with Crippen molar-refractivity contribution < 1.29 is 4.39 Å². The first kappa shape index (κ1) is 16.3. The van der Waals surface area contributed by atoms with Crippen LogP contribution in [0.1, 0.15) is 19.4 Å². The van der Waals surface area contributed by atoms with Crippen LogP contribution in [0, 0.1) is 11.7 Å². The van der Waals surface area contributed by atoms with Crippen LogP contribution in [0.3, 0.4) is 0 Å². The van der Waals surface area contributed by atoms with Gasteiger partial charge in [0.1, 0.15) is 5.82 Å². The lowest BCUT2D eigenvalue weighted by molar-refractivity contribution is 0.550. The van der Waals surface area contributed by atoms with E-state index in [1.807, 2.05) is 18.2 Å². The van der Waals surface area contributed by atoms with E-state index in [-0.39, 0.29) is 5.82 Å². The average molecular weight is 324 g/mol. The zero-order valence-electron chi connectivity index (χ0n) is 12.2. The number of benzene rings is 2. The van der Waals surface area contributed by atoms with E-state index in [1.54, 1.807) is 23.9 Å². The second-order valence-corrected chi connectivity index (χ2v) is 6.88. The van der Waals surface area contributed by atoms with Crippen LogP contribution in [0.15, 0.2) is 52.3 Å². The standard InChI is InChI=1S/C17H19ClFNS/c1-12(2)10-20-11-13-9-14(18)3-8-17(13)21-16-6-4-15(19)5-7-16/h3-9,12,20H,10-11H2,1-2H3. The highest BCUT2D eigenvalue weighted by Crippen LogP contribution is 2.32. The minimum atomic E-state index is -0.214. The fourth-order valence-corrected chi connectivity index (χ4v) is 3.03. The predicted octanol–water partition coefficient (Wildman–Crippen LogP) is 5.38. The molecule has 2 aromatic rings. The van der Waals surface area contributed by atoms with Crippen molar-refractivity contribution in [1.82, 2.24) is 5.32 Å². The molecule has 0 atom stereocenters. The second kappa shape index (κ2) is 7.83. The van der Waals surface area contributed by atoms with Crippen LogP contribution in [0.4, 0.5) is 4.39 Å². The van der Waals surface area contributed by atoms with Gasteiger partial charge in [-0.15, -0.1) is 0 Å². The molecule has 0 aliphatic heterocycles. The third-order valence-corrected chi connectivity index (χ3v) is 4.29. The van der Waals surface area contributed by atoms with Crippen LogP contribution in [0.25, 0.3) is 0 Å². The Morgan fingerprint density at radius 3 is 2.52 bits per heavy atom. The number of hydrogen-bond acceptors (Lipinski definition) is 2. The van der Waals surface area contributed by atoms with Gasteiger partial charge in [-0.2, -0.15) is 0 Å². The average Bonchev–Trinajstić information content (AvgIpc) is 2.43. The van der Waals surface area contributed by atoms with E-state index in [9.17, 15) is 4.39 Å². The Morgan fingerprint density at radius 2 is 1.86 bits per heavy atom. The van der Waals surface area contributed by atoms with Crippen molar-refractivity contribution in [2.45, 2.75) is 30.2 Å². The predicted molar refractivity (Wildman–Crippen MR) is 88.5 cm³/mol. The van der Waals surface area contributed by atoms with Gasteiger partial charge in [-0.1, -0.05) is 37.2 Å². The maximum atomic E-state index is 13.0. The highest BCUT2D eigenvalue weighted by atomic mass is 35.5. The summed E-state index contributed by atoms with van der Waals surface area (Å²) in [6.45, 7) is 6.10. The Bertz CT molecular complexity index is 584. The van der Waals surface area contributed by atoms with Crippen molar-refractivity contribution in [3.05, 3.63) is 58.9 Å². The van der Waals surface area contributed by atoms with Gasteiger partial charge >= 0.3 is 0 Å². The van der Waals surface area contributed by atoms with E-state index in [1.165, 1.54) is 12.1 Å². The summed E-state index contributed by atoms with van der Waals surface area (Å²) in [5.74, 6) is 0.395. The molecule has 0 amide bonds. The smallest absolute Gasteiger partial charge is 0.123 e. The molecule has 0 aliphatic rings. The maximum Gasteiger partial charge on any atom is 0.123 e. The normalized spacial score (nSPS) is 11.1. The number of hydrogen-bond donors (Lipinski definition) is 1. The van der Waals surface area contributed by atoms with Crippen LogP contribution in [-0.4, -0.2) is 6.54 Å². The van der Waals surface area contributed by atoms with Crippen LogP contribution < -0.4 is 5.32 Å². The molecule has 21 heavy (non-hydrogen) atoms. The van der Waals surface area contributed by atoms with Gasteiger partial charge in [0.2, 0.25) is 0 Å². The molecular weight excluding hydrogens is 305 g/mol. The van der Waals surface area contributed by atoms with Crippen molar-refractivity contribution in [2.75, 3.05) is 6.54 Å². The molecule has 0 aliphatic carbocycles. The van der Waals surface area contributed by atoms with Gasteiger partial charge in [0, 0.05) is 21.4 Å². The lowest BCUT2D eigenvalue weighted by atomic mass is 10.2. The van der Waals surface area contributed by atoms with Crippen molar-refractivity contribution in [3.63, 3.8) is 0 Å². The molecule has 0 bridgehead atoms. The van der Waals surface area contributed by atoms with Gasteiger partial charge < -0.3 is 5.32 Å². The molecular formula is C17H19ClFNS. The zero-order chi connectivity index (χ0) is 15.2. The second-order valence-electron chi connectivity index (χ2n) is 5.33. The molecule has 0 saturated carbocycles. The van der Waals surface area contributed by atoms with Gasteiger partial charge in [-0.3, -0.25) is 0 Å². The van der Waals surface area contributed by atoms with E-state index in [0.717, 1.165) is 33.5 Å². The molecule has 0 radical (unpaired) electrons. The third kappa shape index (κ3) is 5.34. The van der Waals surface area contributed by atoms with Gasteiger partial charge in [-0.25, -0.2) is 4.39 Å². The molecule has 0 aromatic heterocycles. The molecule has 0 heterocycles. The molecule has 0 fully saturated rings. The first-order valence-electron chi connectivity index (χ1n) is 6.97. The summed E-state index contributed by atoms with van der Waals surface area (Å²) in [5.41, 5.74) is 1.16. The van der Waals surface area contributed by atoms with Crippen molar-refractivity contribution in [3.8, 4) is 0 Å².